The van der Waals surface area contributed by atoms with E-state index in [4.69, 9.17) is 0 Å². The number of urea groups is 1. The van der Waals surface area contributed by atoms with Crippen molar-refractivity contribution in [3.8, 4) is 0 Å². The van der Waals surface area contributed by atoms with Crippen LogP contribution in [0.4, 0.5) is 16.2 Å². The molecule has 25 heavy (non-hydrogen) atoms. The molecule has 0 aliphatic heterocycles. The molecule has 2 N–H and O–H groups in total. The highest BCUT2D eigenvalue weighted by atomic mass is 16.2. The maximum atomic E-state index is 12.5. The molecule has 6 heteroatoms. The van der Waals surface area contributed by atoms with E-state index in [1.807, 2.05) is 31.2 Å². The van der Waals surface area contributed by atoms with Crippen molar-refractivity contribution in [3.05, 3.63) is 24.3 Å². The summed E-state index contributed by atoms with van der Waals surface area (Å²) in [5, 5.41) is 5.60. The minimum atomic E-state index is -0.253. The summed E-state index contributed by atoms with van der Waals surface area (Å²) in [6.07, 6.45) is 4.93. The van der Waals surface area contributed by atoms with Gasteiger partial charge in [-0.1, -0.05) is 31.9 Å². The number of nitrogens with one attached hydrogen (secondary N) is 2. The second kappa shape index (κ2) is 8.74. The monoisotopic (exact) mass is 346 g/mol. The van der Waals surface area contributed by atoms with Gasteiger partial charge in [0.25, 0.3) is 0 Å². The summed E-state index contributed by atoms with van der Waals surface area (Å²) < 4.78 is 0. The molecular weight excluding hydrogens is 316 g/mol. The number of nitrogens with zero attached hydrogens (tertiary/aromatic N) is 2. The fourth-order valence-corrected chi connectivity index (χ4v) is 3.41. The average molecular weight is 346 g/mol. The molecular formula is C19H30N4O2. The molecule has 1 aliphatic carbocycles. The Morgan fingerprint density at radius 2 is 1.84 bits per heavy atom. The largest absolute Gasteiger partial charge is 0.370 e. The predicted molar refractivity (Wildman–Crippen MR) is 102 cm³/mol. The summed E-state index contributed by atoms with van der Waals surface area (Å²) in [7, 11) is 5.41. The first-order valence-corrected chi connectivity index (χ1v) is 8.99. The smallest absolute Gasteiger partial charge is 0.321 e. The third kappa shape index (κ3) is 4.87. The van der Waals surface area contributed by atoms with Crippen molar-refractivity contribution in [2.45, 2.75) is 38.6 Å². The van der Waals surface area contributed by atoms with Gasteiger partial charge in [0.05, 0.1) is 17.3 Å². The lowest BCUT2D eigenvalue weighted by atomic mass is 10.1. The maximum Gasteiger partial charge on any atom is 0.321 e. The quantitative estimate of drug-likeness (QED) is 0.832. The van der Waals surface area contributed by atoms with Gasteiger partial charge in [-0.15, -0.1) is 0 Å². The SMILES string of the molecule is CNC(=O)[C@@H](C)CN(C)C(=O)Nc1ccccc1N(C)C1CCCC1. The van der Waals surface area contributed by atoms with E-state index < -0.39 is 0 Å². The zero-order chi connectivity index (χ0) is 18.4. The summed E-state index contributed by atoms with van der Waals surface area (Å²) in [6.45, 7) is 2.18. The zero-order valence-electron chi connectivity index (χ0n) is 15.7. The van der Waals surface area contributed by atoms with Crippen molar-refractivity contribution in [2.75, 3.05) is 37.9 Å². The molecule has 1 fully saturated rings. The van der Waals surface area contributed by atoms with Crippen LogP contribution in [0.1, 0.15) is 32.6 Å². The van der Waals surface area contributed by atoms with Gasteiger partial charge >= 0.3 is 6.03 Å². The molecule has 6 nitrogen and oxygen atoms in total. The molecule has 1 aromatic carbocycles. The lowest BCUT2D eigenvalue weighted by Gasteiger charge is -2.29. The summed E-state index contributed by atoms with van der Waals surface area (Å²) in [4.78, 5) is 28.0. The van der Waals surface area contributed by atoms with Crippen LogP contribution in [0, 0.1) is 5.92 Å². The van der Waals surface area contributed by atoms with Crippen LogP contribution in [-0.4, -0.2) is 50.6 Å². The molecule has 1 aliphatic rings. The van der Waals surface area contributed by atoms with E-state index in [-0.39, 0.29) is 17.9 Å². The van der Waals surface area contributed by atoms with E-state index in [0.717, 1.165) is 11.4 Å². The highest BCUT2D eigenvalue weighted by Crippen LogP contribution is 2.31. The van der Waals surface area contributed by atoms with E-state index in [2.05, 4.69) is 22.6 Å². The molecule has 3 amide bonds. The first kappa shape index (κ1) is 19.1. The van der Waals surface area contributed by atoms with Gasteiger partial charge in [-0.2, -0.15) is 0 Å². The normalized spacial score (nSPS) is 15.5. The number of hydrogen-bond acceptors (Lipinski definition) is 3. The van der Waals surface area contributed by atoms with Crippen molar-refractivity contribution < 1.29 is 9.59 Å². The van der Waals surface area contributed by atoms with E-state index in [9.17, 15) is 9.59 Å². The number of carbonyl (C=O) groups excluding carboxylic acids is 2. The Bertz CT molecular complexity index is 599. The van der Waals surface area contributed by atoms with Crippen molar-refractivity contribution in [3.63, 3.8) is 0 Å². The molecule has 0 unspecified atom stereocenters. The summed E-state index contributed by atoms with van der Waals surface area (Å²) in [5.41, 5.74) is 1.84. The van der Waals surface area contributed by atoms with E-state index in [0.29, 0.717) is 12.6 Å². The number of amides is 3. The van der Waals surface area contributed by atoms with Gasteiger partial charge < -0.3 is 20.4 Å². The Labute approximate surface area is 150 Å². The topological polar surface area (TPSA) is 64.7 Å². The predicted octanol–water partition coefficient (Wildman–Crippen LogP) is 2.91. The molecule has 1 saturated carbocycles. The molecule has 0 radical (unpaired) electrons. The van der Waals surface area contributed by atoms with Crippen molar-refractivity contribution in [1.82, 2.24) is 10.2 Å². The van der Waals surface area contributed by atoms with Crippen molar-refractivity contribution in [2.24, 2.45) is 5.92 Å². The Kier molecular flexibility index (Phi) is 6.67. The molecule has 0 spiro atoms. The van der Waals surface area contributed by atoms with Gasteiger partial charge in [-0.25, -0.2) is 4.79 Å². The van der Waals surface area contributed by atoms with Crippen LogP contribution >= 0.6 is 0 Å². The molecule has 138 valence electrons. The minimum Gasteiger partial charge on any atom is -0.370 e. The molecule has 0 saturated heterocycles. The fraction of sp³-hybridized carbons (Fsp3) is 0.579. The second-order valence-electron chi connectivity index (χ2n) is 6.89. The van der Waals surface area contributed by atoms with Crippen molar-refractivity contribution >= 4 is 23.3 Å². The highest BCUT2D eigenvalue weighted by Gasteiger charge is 2.23. The molecule has 1 aromatic rings. The molecule has 2 rings (SSSR count). The van der Waals surface area contributed by atoms with Crippen LogP contribution in [-0.2, 0) is 4.79 Å². The number of carbonyl (C=O) groups is 2. The van der Waals surface area contributed by atoms with Crippen LogP contribution in [0.2, 0.25) is 0 Å². The average Bonchev–Trinajstić information content (AvgIpc) is 3.15. The Hall–Kier alpha value is -2.24. The first-order valence-electron chi connectivity index (χ1n) is 8.99. The van der Waals surface area contributed by atoms with Crippen LogP contribution in [0.15, 0.2) is 24.3 Å². The Morgan fingerprint density at radius 1 is 1.20 bits per heavy atom. The molecule has 1 atom stereocenters. The van der Waals surface area contributed by atoms with Crippen LogP contribution in [0.3, 0.4) is 0 Å². The number of hydrogen-bond donors (Lipinski definition) is 2. The molecule has 0 aromatic heterocycles. The second-order valence-corrected chi connectivity index (χ2v) is 6.89. The summed E-state index contributed by atoms with van der Waals surface area (Å²) >= 11 is 0. The lowest BCUT2D eigenvalue weighted by Crippen LogP contribution is -2.39. The third-order valence-corrected chi connectivity index (χ3v) is 4.99. The number of rotatable bonds is 6. The van der Waals surface area contributed by atoms with Crippen LogP contribution in [0.25, 0.3) is 0 Å². The number of benzene rings is 1. The maximum absolute atomic E-state index is 12.5. The van der Waals surface area contributed by atoms with Gasteiger partial charge in [0.15, 0.2) is 0 Å². The standard InChI is InChI=1S/C19H30N4O2/c1-14(18(24)20-2)13-22(3)19(25)21-16-11-7-8-12-17(16)23(4)15-9-5-6-10-15/h7-8,11-12,14-15H,5-6,9-10,13H2,1-4H3,(H,20,24)(H,21,25)/t14-/m0/s1. The Balaban J connectivity index is 2.04. The van der Waals surface area contributed by atoms with Gasteiger partial charge in [0.1, 0.15) is 0 Å². The number of para-hydroxylation sites is 2. The lowest BCUT2D eigenvalue weighted by molar-refractivity contribution is -0.124. The van der Waals surface area contributed by atoms with E-state index in [1.165, 1.54) is 25.7 Å². The zero-order valence-corrected chi connectivity index (χ0v) is 15.7. The summed E-state index contributed by atoms with van der Waals surface area (Å²) in [6, 6.07) is 8.21. The summed E-state index contributed by atoms with van der Waals surface area (Å²) in [5.74, 6) is -0.321. The highest BCUT2D eigenvalue weighted by molar-refractivity contribution is 5.93. The van der Waals surface area contributed by atoms with Gasteiger partial charge in [0.2, 0.25) is 5.91 Å². The molecule has 0 heterocycles. The van der Waals surface area contributed by atoms with Gasteiger partial charge in [-0.05, 0) is 25.0 Å². The third-order valence-electron chi connectivity index (χ3n) is 4.99. The number of anilines is 2. The van der Waals surface area contributed by atoms with E-state index in [1.54, 1.807) is 19.0 Å². The minimum absolute atomic E-state index is 0.0685. The van der Waals surface area contributed by atoms with Crippen LogP contribution in [0.5, 0.6) is 0 Å². The van der Waals surface area contributed by atoms with Gasteiger partial charge in [0, 0.05) is 33.7 Å². The van der Waals surface area contributed by atoms with Crippen LogP contribution < -0.4 is 15.5 Å². The van der Waals surface area contributed by atoms with Gasteiger partial charge in [-0.3, -0.25) is 4.79 Å². The first-order chi connectivity index (χ1) is 11.9. The Morgan fingerprint density at radius 3 is 2.48 bits per heavy atom. The van der Waals surface area contributed by atoms with Crippen molar-refractivity contribution in [1.29, 1.82) is 0 Å². The fourth-order valence-electron chi connectivity index (χ4n) is 3.41. The molecule has 0 bridgehead atoms. The van der Waals surface area contributed by atoms with E-state index >= 15 is 0 Å².